The predicted molar refractivity (Wildman–Crippen MR) is 107 cm³/mol. The average molecular weight is 331 g/mol. The molecule has 0 saturated carbocycles. The standard InChI is InChI=1S/C18H30Si3/c1-19(2,3)15-9-11-17(13-15)21(7,8)18-12-10-16(14-18)20(4,5)6/h9-14H,1-8H3/q-2. The van der Waals surface area contributed by atoms with Crippen molar-refractivity contribution in [2.75, 3.05) is 0 Å². The van der Waals surface area contributed by atoms with E-state index >= 15 is 0 Å². The lowest BCUT2D eigenvalue weighted by atomic mass is 10.6. The molecule has 0 bridgehead atoms. The molecule has 0 aliphatic heterocycles. The molecule has 0 atom stereocenters. The van der Waals surface area contributed by atoms with Crippen LogP contribution in [0.1, 0.15) is 0 Å². The van der Waals surface area contributed by atoms with Crippen molar-refractivity contribution in [3.05, 3.63) is 36.4 Å². The predicted octanol–water partition coefficient (Wildman–Crippen LogP) is 3.04. The molecular weight excluding hydrogens is 300 g/mol. The van der Waals surface area contributed by atoms with Crippen LogP contribution in [0, 0.1) is 0 Å². The lowest BCUT2D eigenvalue weighted by Gasteiger charge is -2.32. The van der Waals surface area contributed by atoms with Gasteiger partial charge in [0.05, 0.1) is 0 Å². The van der Waals surface area contributed by atoms with Gasteiger partial charge in [0, 0.05) is 24.2 Å². The van der Waals surface area contributed by atoms with E-state index in [0.717, 1.165) is 0 Å². The molecule has 0 amide bonds. The molecule has 21 heavy (non-hydrogen) atoms. The maximum absolute atomic E-state index is 2.51. The van der Waals surface area contributed by atoms with Gasteiger partial charge in [-0.15, -0.1) is 0 Å². The fraction of sp³-hybridized carbons (Fsp3) is 0.444. The van der Waals surface area contributed by atoms with E-state index in [1.165, 1.54) is 0 Å². The Bertz CT molecular complexity index is 561. The first-order valence-electron chi connectivity index (χ1n) is 7.98. The molecule has 3 heteroatoms. The minimum Gasteiger partial charge on any atom is -0.214 e. The second-order valence-corrected chi connectivity index (χ2v) is 23.5. The van der Waals surface area contributed by atoms with Gasteiger partial charge in [-0.25, -0.2) is 17.3 Å². The topological polar surface area (TPSA) is 0 Å². The monoisotopic (exact) mass is 330 g/mol. The zero-order chi connectivity index (χ0) is 16.1. The minimum atomic E-state index is -1.53. The van der Waals surface area contributed by atoms with Crippen LogP contribution in [0.25, 0.3) is 0 Å². The van der Waals surface area contributed by atoms with Crippen LogP contribution in [-0.4, -0.2) is 24.2 Å². The van der Waals surface area contributed by atoms with Crippen LogP contribution in [0.5, 0.6) is 0 Å². The van der Waals surface area contributed by atoms with Crippen LogP contribution in [0.2, 0.25) is 52.4 Å². The van der Waals surface area contributed by atoms with Gasteiger partial charge in [0.2, 0.25) is 0 Å². The summed E-state index contributed by atoms with van der Waals surface area (Å²) in [6, 6.07) is 14.6. The van der Waals surface area contributed by atoms with Crippen molar-refractivity contribution in [3.63, 3.8) is 0 Å². The second-order valence-electron chi connectivity index (χ2n) is 8.90. The molecule has 0 heterocycles. The van der Waals surface area contributed by atoms with Crippen molar-refractivity contribution in [1.29, 1.82) is 0 Å². The molecule has 0 unspecified atom stereocenters. The van der Waals surface area contributed by atoms with Crippen LogP contribution in [-0.2, 0) is 0 Å². The highest BCUT2D eigenvalue weighted by atomic mass is 28.3. The molecule has 0 radical (unpaired) electrons. The van der Waals surface area contributed by atoms with E-state index in [-0.39, 0.29) is 0 Å². The summed E-state index contributed by atoms with van der Waals surface area (Å²) in [4.78, 5) is 0. The highest BCUT2D eigenvalue weighted by molar-refractivity contribution is 7.01. The van der Waals surface area contributed by atoms with Crippen LogP contribution in [0.4, 0.5) is 0 Å². The number of hydrogen-bond donors (Lipinski definition) is 0. The summed E-state index contributed by atoms with van der Waals surface area (Å²) >= 11 is 0. The Labute approximate surface area is 134 Å². The van der Waals surface area contributed by atoms with Gasteiger partial charge in [0.15, 0.2) is 0 Å². The first kappa shape index (κ1) is 16.7. The molecule has 2 aromatic carbocycles. The Morgan fingerprint density at radius 1 is 0.905 bits per heavy atom. The van der Waals surface area contributed by atoms with Gasteiger partial charge in [-0.3, -0.25) is 0 Å². The van der Waals surface area contributed by atoms with E-state index in [9.17, 15) is 0 Å². The third-order valence-electron chi connectivity index (χ3n) is 4.68. The molecule has 0 aromatic heterocycles. The Kier molecular flexibility index (Phi) is 4.15. The van der Waals surface area contributed by atoms with Crippen molar-refractivity contribution < 1.29 is 0 Å². The van der Waals surface area contributed by atoms with Gasteiger partial charge in [-0.05, 0) is 0 Å². The molecule has 0 N–H and O–H groups in total. The summed E-state index contributed by atoms with van der Waals surface area (Å²) in [5, 5.41) is 6.42. The van der Waals surface area contributed by atoms with E-state index in [2.05, 4.69) is 88.8 Å². The Morgan fingerprint density at radius 2 is 1.52 bits per heavy atom. The molecule has 0 spiro atoms. The Hall–Kier alpha value is -0.649. The smallest absolute Gasteiger partial charge is 0.0147 e. The van der Waals surface area contributed by atoms with Crippen molar-refractivity contribution in [2.24, 2.45) is 0 Å². The zero-order valence-corrected chi connectivity index (χ0v) is 18.0. The lowest BCUT2D eigenvalue weighted by Crippen LogP contribution is -2.53. The minimum absolute atomic E-state index is 1.19. The summed E-state index contributed by atoms with van der Waals surface area (Å²) in [5.41, 5.74) is 0. The van der Waals surface area contributed by atoms with Gasteiger partial charge in [-0.1, -0.05) is 52.4 Å². The average Bonchev–Trinajstić information content (AvgIpc) is 2.97. The molecule has 2 aromatic rings. The quantitative estimate of drug-likeness (QED) is 0.597. The summed E-state index contributed by atoms with van der Waals surface area (Å²) < 4.78 is 0. The number of rotatable bonds is 4. The van der Waals surface area contributed by atoms with Gasteiger partial charge in [0.1, 0.15) is 0 Å². The normalized spacial score (nSPS) is 13.7. The molecule has 0 nitrogen and oxygen atoms in total. The van der Waals surface area contributed by atoms with E-state index in [1.807, 2.05) is 0 Å². The largest absolute Gasteiger partial charge is 0.214 e. The van der Waals surface area contributed by atoms with E-state index in [0.29, 0.717) is 0 Å². The highest BCUT2D eigenvalue weighted by Gasteiger charge is 2.21. The number of hydrogen-bond acceptors (Lipinski definition) is 0. The fourth-order valence-electron chi connectivity index (χ4n) is 2.76. The SMILES string of the molecule is C[Si](C)(C)c1c[cH-]c([Si](C)(C)c2cc[c-]([Si](C)(C)C)c2)c1. The summed E-state index contributed by atoms with van der Waals surface area (Å²) in [5.74, 6) is 0. The van der Waals surface area contributed by atoms with Crippen LogP contribution >= 0.6 is 0 Å². The van der Waals surface area contributed by atoms with E-state index in [1.54, 1.807) is 20.7 Å². The first-order chi connectivity index (χ1) is 9.42. The van der Waals surface area contributed by atoms with Gasteiger partial charge in [-0.2, -0.15) is 39.8 Å². The van der Waals surface area contributed by atoms with Crippen molar-refractivity contribution in [2.45, 2.75) is 52.4 Å². The van der Waals surface area contributed by atoms with Crippen LogP contribution < -0.4 is 20.7 Å². The Balaban J connectivity index is 2.38. The lowest BCUT2D eigenvalue weighted by molar-refractivity contribution is 1.76. The molecule has 116 valence electrons. The van der Waals surface area contributed by atoms with E-state index in [4.69, 9.17) is 0 Å². The maximum atomic E-state index is 2.51. The van der Waals surface area contributed by atoms with Crippen molar-refractivity contribution in [3.8, 4) is 0 Å². The fourth-order valence-corrected chi connectivity index (χ4v) is 7.76. The van der Waals surface area contributed by atoms with E-state index < -0.39 is 24.2 Å². The summed E-state index contributed by atoms with van der Waals surface area (Å²) in [7, 11) is -3.90. The molecule has 0 fully saturated rings. The first-order valence-corrected chi connectivity index (χ1v) is 18.0. The Morgan fingerprint density at radius 3 is 1.95 bits per heavy atom. The summed E-state index contributed by atoms with van der Waals surface area (Å²) in [6.45, 7) is 19.6. The molecule has 0 aliphatic carbocycles. The second kappa shape index (κ2) is 5.21. The zero-order valence-electron chi connectivity index (χ0n) is 15.0. The molecule has 2 rings (SSSR count). The third-order valence-corrected chi connectivity index (χ3v) is 12.3. The maximum Gasteiger partial charge on any atom is 0.0147 e. The van der Waals surface area contributed by atoms with Crippen molar-refractivity contribution >= 4 is 45.0 Å². The third kappa shape index (κ3) is 3.41. The molecule has 0 aliphatic rings. The van der Waals surface area contributed by atoms with Crippen LogP contribution in [0.15, 0.2) is 36.4 Å². The highest BCUT2D eigenvalue weighted by Crippen LogP contribution is 2.09. The van der Waals surface area contributed by atoms with Crippen molar-refractivity contribution in [1.82, 2.24) is 0 Å². The van der Waals surface area contributed by atoms with Gasteiger partial charge < -0.3 is 0 Å². The molecular formula is C18H30Si3-2. The summed E-state index contributed by atoms with van der Waals surface area (Å²) in [6.07, 6.45) is 0. The van der Waals surface area contributed by atoms with Gasteiger partial charge in [0.25, 0.3) is 0 Å². The van der Waals surface area contributed by atoms with Crippen LogP contribution in [0.3, 0.4) is 0 Å². The molecule has 0 saturated heterocycles. The van der Waals surface area contributed by atoms with Gasteiger partial charge >= 0.3 is 0 Å².